The maximum absolute atomic E-state index is 5.68. The minimum absolute atomic E-state index is 0. The number of hydrogen-bond donors (Lipinski definition) is 0. The second kappa shape index (κ2) is 13.9. The first-order chi connectivity index (χ1) is 17.3. The van der Waals surface area contributed by atoms with E-state index in [9.17, 15) is 0 Å². The molecule has 2 aliphatic carbocycles. The van der Waals surface area contributed by atoms with Gasteiger partial charge < -0.3 is 4.74 Å². The molecule has 3 atom stereocenters. The molecule has 5 rings (SSSR count). The van der Waals surface area contributed by atoms with Crippen molar-refractivity contribution in [1.82, 2.24) is 4.90 Å². The quantitative estimate of drug-likeness (QED) is 0.282. The molecule has 3 aliphatic rings. The smallest absolute Gasteiger partial charge is 0.383 e. The number of hydrogen-bond acceptors (Lipinski definition) is 2. The zero-order chi connectivity index (χ0) is 24.0. The van der Waals surface area contributed by atoms with E-state index in [4.69, 9.17) is 4.74 Å². The van der Waals surface area contributed by atoms with Crippen molar-refractivity contribution in [2.24, 2.45) is 5.92 Å². The van der Waals surface area contributed by atoms with Gasteiger partial charge in [0.25, 0.3) is 0 Å². The van der Waals surface area contributed by atoms with Crippen molar-refractivity contribution in [2.45, 2.75) is 38.3 Å². The number of likely N-dealkylation sites (tertiary alicyclic amines) is 1. The topological polar surface area (TPSA) is 12.5 Å². The van der Waals surface area contributed by atoms with E-state index >= 15 is 0 Å². The van der Waals surface area contributed by atoms with E-state index in [2.05, 4.69) is 117 Å². The minimum atomic E-state index is -0.627. The second-order valence-electron chi connectivity index (χ2n) is 9.73. The molecule has 1 aliphatic heterocycles. The van der Waals surface area contributed by atoms with E-state index in [-0.39, 0.29) is 17.1 Å². The first kappa shape index (κ1) is 28.3. The predicted octanol–water partition coefficient (Wildman–Crippen LogP) is 5.76. The zero-order valence-corrected chi connectivity index (χ0v) is 23.2. The van der Waals surface area contributed by atoms with Crippen LogP contribution in [0.1, 0.15) is 26.2 Å². The summed E-state index contributed by atoms with van der Waals surface area (Å²) in [6.07, 6.45) is 19.6. The normalized spacial score (nSPS) is 23.8. The van der Waals surface area contributed by atoms with Gasteiger partial charge in [-0.05, 0) is 101 Å². The van der Waals surface area contributed by atoms with Crippen LogP contribution in [-0.4, -0.2) is 37.2 Å². The van der Waals surface area contributed by atoms with Gasteiger partial charge in [0.1, 0.15) is 0 Å². The van der Waals surface area contributed by atoms with Crippen molar-refractivity contribution < 1.29 is 21.8 Å². The van der Waals surface area contributed by atoms with Crippen molar-refractivity contribution >= 4 is 18.5 Å². The van der Waals surface area contributed by atoms with Crippen LogP contribution in [0.15, 0.2) is 60.7 Å². The molecule has 0 aromatic heterocycles. The van der Waals surface area contributed by atoms with Gasteiger partial charge in [-0.2, -0.15) is 0 Å². The van der Waals surface area contributed by atoms with Crippen LogP contribution < -0.4 is 10.6 Å². The molecule has 0 unspecified atom stereocenters. The Balaban J connectivity index is 0.00000304. The Morgan fingerprint density at radius 3 is 2.14 bits per heavy atom. The van der Waals surface area contributed by atoms with Crippen molar-refractivity contribution in [1.29, 1.82) is 0 Å². The number of rotatable bonds is 10. The molecular weight excluding hydrogens is 501 g/mol. The van der Waals surface area contributed by atoms with Crippen LogP contribution in [0.5, 0.6) is 0 Å². The van der Waals surface area contributed by atoms with Crippen molar-refractivity contribution in [3.8, 4) is 0 Å². The Bertz CT molecular complexity index is 850. The third-order valence-corrected chi connectivity index (χ3v) is 9.99. The molecule has 2 aromatic rings. The largest absolute Gasteiger partial charge is 2.00 e. The molecule has 0 N–H and O–H groups in total. The van der Waals surface area contributed by atoms with E-state index in [0.29, 0.717) is 18.0 Å². The summed E-state index contributed by atoms with van der Waals surface area (Å²) in [7, 11) is 1.22. The molecule has 1 heterocycles. The third kappa shape index (κ3) is 6.47. The molecule has 0 spiro atoms. The van der Waals surface area contributed by atoms with Crippen LogP contribution in [0.25, 0.3) is 0 Å². The predicted molar refractivity (Wildman–Crippen MR) is 148 cm³/mol. The van der Waals surface area contributed by atoms with Gasteiger partial charge in [0.05, 0.1) is 6.61 Å². The van der Waals surface area contributed by atoms with Gasteiger partial charge in [-0.1, -0.05) is 67.6 Å². The van der Waals surface area contributed by atoms with Crippen LogP contribution in [0.2, 0.25) is 0 Å². The Morgan fingerprint density at radius 2 is 1.53 bits per heavy atom. The van der Waals surface area contributed by atoms with E-state index in [1.807, 2.05) is 7.11 Å². The molecule has 2 aromatic carbocycles. The molecule has 4 heteroatoms. The molecule has 2 saturated carbocycles. The molecule has 36 heavy (non-hydrogen) atoms. The summed E-state index contributed by atoms with van der Waals surface area (Å²) in [6.45, 7) is 4.35. The van der Waals surface area contributed by atoms with Crippen molar-refractivity contribution in [3.63, 3.8) is 0 Å². The summed E-state index contributed by atoms with van der Waals surface area (Å²) >= 11 is 0. The molecule has 1 saturated heterocycles. The average molecular weight is 537 g/mol. The fourth-order valence-electron chi connectivity index (χ4n) is 5.76. The van der Waals surface area contributed by atoms with Gasteiger partial charge in [-0.15, -0.1) is 0 Å². The summed E-state index contributed by atoms with van der Waals surface area (Å²) in [4.78, 5) is 2.76. The summed E-state index contributed by atoms with van der Waals surface area (Å²) in [5.41, 5.74) is 1.50. The first-order valence-electron chi connectivity index (χ1n) is 12.9. The van der Waals surface area contributed by atoms with Crippen LogP contribution >= 0.6 is 7.92 Å². The van der Waals surface area contributed by atoms with Crippen molar-refractivity contribution in [2.75, 3.05) is 20.3 Å². The SMILES string of the molecule is COC[C@@H]1CCCN1[C@H](C[C@@H](C)[C]1[CH][CH][CH][CH]1)[C]1[CH][CH][CH][C]1P(c1ccccc1)c1ccccc1.[Fe+2]. The van der Waals surface area contributed by atoms with Gasteiger partial charge in [-0.25, -0.2) is 0 Å². The zero-order valence-electron chi connectivity index (χ0n) is 21.2. The Hall–Kier alpha value is -0.691. The molecule has 0 bridgehead atoms. The van der Waals surface area contributed by atoms with Gasteiger partial charge >= 0.3 is 17.1 Å². The van der Waals surface area contributed by atoms with Gasteiger partial charge in [-0.3, -0.25) is 4.90 Å². The molecular formula is C32H36FeNOP+2. The van der Waals surface area contributed by atoms with E-state index in [1.165, 1.54) is 40.9 Å². The summed E-state index contributed by atoms with van der Waals surface area (Å²) < 4.78 is 5.68. The maximum Gasteiger partial charge on any atom is 2.00 e. The number of nitrogens with zero attached hydrogens (tertiary/aromatic N) is 1. The van der Waals surface area contributed by atoms with Crippen molar-refractivity contribution in [3.05, 3.63) is 123 Å². The summed E-state index contributed by atoms with van der Waals surface area (Å²) in [6, 6.07) is 23.1. The van der Waals surface area contributed by atoms with Crippen LogP contribution in [-0.2, 0) is 21.8 Å². The van der Waals surface area contributed by atoms with Gasteiger partial charge in [0.15, 0.2) is 0 Å². The fourth-order valence-corrected chi connectivity index (χ4v) is 8.27. The summed E-state index contributed by atoms with van der Waals surface area (Å²) in [5.74, 6) is 3.45. The van der Waals surface area contributed by atoms with Crippen LogP contribution in [0.3, 0.4) is 0 Å². The maximum atomic E-state index is 5.68. The Kier molecular flexibility index (Phi) is 10.9. The van der Waals surface area contributed by atoms with Gasteiger partial charge in [0.2, 0.25) is 0 Å². The Labute approximate surface area is 232 Å². The monoisotopic (exact) mass is 537 g/mol. The molecule has 2 nitrogen and oxygen atoms in total. The first-order valence-corrected chi connectivity index (χ1v) is 14.2. The van der Waals surface area contributed by atoms with Crippen LogP contribution in [0.4, 0.5) is 0 Å². The van der Waals surface area contributed by atoms with E-state index in [1.54, 1.807) is 0 Å². The molecule has 10 radical (unpaired) electrons. The van der Waals surface area contributed by atoms with Crippen LogP contribution in [0, 0.1) is 68.4 Å². The average Bonchev–Trinajstić information content (AvgIpc) is 3.67. The number of ether oxygens (including phenoxy) is 1. The molecule has 3 fully saturated rings. The number of methoxy groups -OCH3 is 1. The second-order valence-corrected chi connectivity index (χ2v) is 11.9. The Morgan fingerprint density at radius 1 is 0.889 bits per heavy atom. The molecule has 0 amide bonds. The standard InChI is InChI=1S/C32H36NOP.Fe/c1-25(26-13-9-10-14-26)23-31(33-22-12-15-27(33)24-34-2)30-20-11-21-32(30)35(28-16-5-3-6-17-28)29-18-7-4-8-19-29;/h3-11,13-14,16-21,25,27,31H,12,15,22-24H2,1-2H3;/q;+2/t25-,27+,31-;/m1./s1. The third-order valence-electron chi connectivity index (χ3n) is 7.47. The van der Waals surface area contributed by atoms with Gasteiger partial charge in [0, 0.05) is 30.8 Å². The van der Waals surface area contributed by atoms with E-state index in [0.717, 1.165) is 19.6 Å². The molecule has 186 valence electrons. The number of benzene rings is 2. The minimum Gasteiger partial charge on any atom is -0.383 e. The van der Waals surface area contributed by atoms with E-state index < -0.39 is 7.92 Å². The summed E-state index contributed by atoms with van der Waals surface area (Å²) in [5, 5.41) is 2.83. The fraction of sp³-hybridized carbons (Fsp3) is 0.312.